The average Bonchev–Trinajstić information content (AvgIpc) is 2.39. The Morgan fingerprint density at radius 3 is 2.20 bits per heavy atom. The second-order valence-corrected chi connectivity index (χ2v) is 4.23. The molecule has 0 amide bonds. The minimum atomic E-state index is -2.03. The van der Waals surface area contributed by atoms with Gasteiger partial charge in [-0.05, 0) is 13.8 Å². The Kier molecular flexibility index (Phi) is 7.20. The van der Waals surface area contributed by atoms with Gasteiger partial charge < -0.3 is 14.2 Å². The largest absolute Gasteiger partial charge is 0.458 e. The molecular weight excluding hydrogens is 271 g/mol. The van der Waals surface area contributed by atoms with Crippen LogP contribution in [-0.4, -0.2) is 42.9 Å². The number of alkyl halides is 1. The van der Waals surface area contributed by atoms with E-state index in [1.54, 1.807) is 0 Å². The van der Waals surface area contributed by atoms with Crippen molar-refractivity contribution in [2.75, 3.05) is 6.61 Å². The molecule has 0 aromatic rings. The lowest BCUT2D eigenvalue weighted by Crippen LogP contribution is -2.48. The third kappa shape index (κ3) is 6.12. The van der Waals surface area contributed by atoms with Crippen LogP contribution >= 0.6 is 0 Å². The van der Waals surface area contributed by atoms with Gasteiger partial charge in [0.25, 0.3) is 6.47 Å². The van der Waals surface area contributed by atoms with Gasteiger partial charge in [0.1, 0.15) is 12.3 Å². The van der Waals surface area contributed by atoms with Crippen LogP contribution in [0.2, 0.25) is 0 Å². The molecule has 6 nitrogen and oxygen atoms in total. The maximum Gasteiger partial charge on any atom is 0.330 e. The van der Waals surface area contributed by atoms with Gasteiger partial charge in [0.15, 0.2) is 12.2 Å². The molecular formula is C13H17FO6. The summed E-state index contributed by atoms with van der Waals surface area (Å²) in [6.45, 7) is 8.19. The van der Waals surface area contributed by atoms with Crippen LogP contribution in [0.5, 0.6) is 0 Å². The number of carbonyl (C=O) groups is 3. The fourth-order valence-electron chi connectivity index (χ4n) is 1.32. The van der Waals surface area contributed by atoms with Gasteiger partial charge in [-0.1, -0.05) is 13.2 Å². The van der Waals surface area contributed by atoms with Crippen LogP contribution < -0.4 is 0 Å². The van der Waals surface area contributed by atoms with Crippen molar-refractivity contribution >= 4 is 18.4 Å². The monoisotopic (exact) mass is 288 g/mol. The van der Waals surface area contributed by atoms with E-state index in [9.17, 15) is 18.8 Å². The number of hydrogen-bond donors (Lipinski definition) is 0. The summed E-state index contributed by atoms with van der Waals surface area (Å²) in [6, 6.07) is 0. The van der Waals surface area contributed by atoms with Gasteiger partial charge in [0.05, 0.1) is 0 Å². The van der Waals surface area contributed by atoms with E-state index in [0.29, 0.717) is 0 Å². The smallest absolute Gasteiger partial charge is 0.330 e. The molecule has 0 aromatic carbocycles. The van der Waals surface area contributed by atoms with E-state index < -0.39 is 36.4 Å². The lowest BCUT2D eigenvalue weighted by molar-refractivity contribution is -0.177. The number of esters is 2. The fraction of sp³-hybridized carbons (Fsp3) is 0.462. The van der Waals surface area contributed by atoms with Crippen LogP contribution in [0.4, 0.5) is 4.39 Å². The number of rotatable bonds is 9. The number of hydrogen-bond acceptors (Lipinski definition) is 6. The normalized spacial score (nSPS) is 13.6. The Morgan fingerprint density at radius 1 is 1.25 bits per heavy atom. The van der Waals surface area contributed by atoms with Crippen LogP contribution in [0.25, 0.3) is 0 Å². The first kappa shape index (κ1) is 17.8. The van der Waals surface area contributed by atoms with Gasteiger partial charge in [-0.2, -0.15) is 0 Å². The van der Waals surface area contributed by atoms with Crippen molar-refractivity contribution < 1.29 is 33.0 Å². The molecule has 7 heteroatoms. The number of ether oxygens (including phenoxy) is 3. The molecule has 0 bridgehead atoms. The molecule has 2 atom stereocenters. The fourth-order valence-corrected chi connectivity index (χ4v) is 1.32. The second-order valence-electron chi connectivity index (χ2n) is 4.23. The first-order valence-electron chi connectivity index (χ1n) is 5.66. The van der Waals surface area contributed by atoms with E-state index in [1.165, 1.54) is 0 Å². The molecule has 0 unspecified atom stereocenters. The Bertz CT molecular complexity index is 385. The highest BCUT2D eigenvalue weighted by Crippen LogP contribution is 2.23. The quantitative estimate of drug-likeness (QED) is 0.274. The standard InChI is InChI=1S/C13H17FO6/c1-5-10(16)18-7-9(19-8-15)12(13(3,4)14)20-11(17)6-2/h5-6,8-9,12H,1-2,7H2,3-4H3/t9-,12-/m1/s1. The lowest BCUT2D eigenvalue weighted by atomic mass is 9.98. The highest BCUT2D eigenvalue weighted by atomic mass is 19.1. The van der Waals surface area contributed by atoms with E-state index in [2.05, 4.69) is 22.6 Å². The number of halogens is 1. The van der Waals surface area contributed by atoms with E-state index >= 15 is 0 Å². The van der Waals surface area contributed by atoms with Crippen molar-refractivity contribution in [1.82, 2.24) is 0 Å². The van der Waals surface area contributed by atoms with Crippen molar-refractivity contribution in [3.05, 3.63) is 25.3 Å². The first-order chi connectivity index (χ1) is 9.26. The average molecular weight is 288 g/mol. The molecule has 0 aromatic heterocycles. The Morgan fingerprint density at radius 2 is 1.80 bits per heavy atom. The van der Waals surface area contributed by atoms with Crippen molar-refractivity contribution in [2.45, 2.75) is 31.7 Å². The molecule has 0 saturated heterocycles. The summed E-state index contributed by atoms with van der Waals surface area (Å²) in [5, 5.41) is 0. The molecule has 0 radical (unpaired) electrons. The molecule has 20 heavy (non-hydrogen) atoms. The zero-order valence-electron chi connectivity index (χ0n) is 11.3. The van der Waals surface area contributed by atoms with Crippen LogP contribution in [0, 0.1) is 0 Å². The van der Waals surface area contributed by atoms with Crippen LogP contribution in [0.15, 0.2) is 25.3 Å². The molecule has 0 saturated carbocycles. The molecule has 0 aliphatic heterocycles. The lowest BCUT2D eigenvalue weighted by Gasteiger charge is -2.31. The van der Waals surface area contributed by atoms with E-state index in [4.69, 9.17) is 4.74 Å². The van der Waals surface area contributed by atoms with Gasteiger partial charge in [-0.25, -0.2) is 14.0 Å². The van der Waals surface area contributed by atoms with Gasteiger partial charge in [-0.15, -0.1) is 0 Å². The van der Waals surface area contributed by atoms with Gasteiger partial charge in [-0.3, -0.25) is 4.79 Å². The Balaban J connectivity index is 5.04. The third-order valence-electron chi connectivity index (χ3n) is 2.21. The highest BCUT2D eigenvalue weighted by molar-refractivity contribution is 5.81. The van der Waals surface area contributed by atoms with E-state index in [-0.39, 0.29) is 6.47 Å². The molecule has 0 fully saturated rings. The van der Waals surface area contributed by atoms with Crippen molar-refractivity contribution in [2.24, 2.45) is 0 Å². The molecule has 112 valence electrons. The summed E-state index contributed by atoms with van der Waals surface area (Å²) in [6.07, 6.45) is -1.02. The molecule has 0 aliphatic carbocycles. The molecule has 0 rings (SSSR count). The van der Waals surface area contributed by atoms with Gasteiger partial charge in [0.2, 0.25) is 0 Å². The van der Waals surface area contributed by atoms with E-state index in [1.807, 2.05) is 0 Å². The summed E-state index contributed by atoms with van der Waals surface area (Å²) >= 11 is 0. The summed E-state index contributed by atoms with van der Waals surface area (Å²) in [5.74, 6) is -1.68. The van der Waals surface area contributed by atoms with Crippen LogP contribution in [0.3, 0.4) is 0 Å². The predicted molar refractivity (Wildman–Crippen MR) is 67.4 cm³/mol. The van der Waals surface area contributed by atoms with Crippen molar-refractivity contribution in [3.8, 4) is 0 Å². The number of carbonyl (C=O) groups excluding carboxylic acids is 3. The molecule has 0 aliphatic rings. The minimum absolute atomic E-state index is 0.0485. The summed E-state index contributed by atoms with van der Waals surface area (Å²) < 4.78 is 28.2. The first-order valence-corrected chi connectivity index (χ1v) is 5.66. The Hall–Kier alpha value is -2.18. The van der Waals surface area contributed by atoms with Gasteiger partial charge >= 0.3 is 11.9 Å². The van der Waals surface area contributed by atoms with Crippen LogP contribution in [-0.2, 0) is 28.6 Å². The Labute approximate surface area is 116 Å². The van der Waals surface area contributed by atoms with Gasteiger partial charge in [0, 0.05) is 12.2 Å². The van der Waals surface area contributed by atoms with Crippen LogP contribution in [0.1, 0.15) is 13.8 Å². The minimum Gasteiger partial charge on any atom is -0.458 e. The summed E-state index contributed by atoms with van der Waals surface area (Å²) in [5.41, 5.74) is -2.03. The highest BCUT2D eigenvalue weighted by Gasteiger charge is 2.41. The predicted octanol–water partition coefficient (Wildman–Crippen LogP) is 1.10. The zero-order valence-corrected chi connectivity index (χ0v) is 11.3. The molecule has 0 N–H and O–H groups in total. The maximum atomic E-state index is 14.1. The zero-order chi connectivity index (χ0) is 15.8. The molecule has 0 heterocycles. The second kappa shape index (κ2) is 8.08. The SMILES string of the molecule is C=CC(=O)OC[C@@H](OC=O)[C@@H](OC(=O)C=C)C(C)(C)F. The molecule has 0 spiro atoms. The summed E-state index contributed by atoms with van der Waals surface area (Å²) in [7, 11) is 0. The maximum absolute atomic E-state index is 14.1. The topological polar surface area (TPSA) is 78.9 Å². The van der Waals surface area contributed by atoms with Crippen molar-refractivity contribution in [1.29, 1.82) is 0 Å². The third-order valence-corrected chi connectivity index (χ3v) is 2.21. The van der Waals surface area contributed by atoms with E-state index in [0.717, 1.165) is 26.0 Å². The summed E-state index contributed by atoms with van der Waals surface area (Å²) in [4.78, 5) is 32.6. The van der Waals surface area contributed by atoms with Crippen molar-refractivity contribution in [3.63, 3.8) is 0 Å².